The lowest BCUT2D eigenvalue weighted by atomic mass is 9.93. The lowest BCUT2D eigenvalue weighted by molar-refractivity contribution is -0.124. The van der Waals surface area contributed by atoms with Crippen LogP contribution in [0.1, 0.15) is 57.0 Å². The van der Waals surface area contributed by atoms with Crippen LogP contribution in [-0.2, 0) is 11.2 Å². The van der Waals surface area contributed by atoms with Gasteiger partial charge in [-0.15, -0.1) is 11.3 Å². The molecule has 3 nitrogen and oxygen atoms in total. The number of aryl methyl sites for hydroxylation is 1. The standard InChI is InChI=1S/C15H23IN2OS/c1-9(14(19)18-15(2,3)4)17-11-6-5-7-12-10(11)8-13(16)20-12/h8-9,11,17H,5-7H2,1-4H3,(H,18,19). The number of hydrogen-bond donors (Lipinski definition) is 2. The van der Waals surface area contributed by atoms with Gasteiger partial charge in [0.1, 0.15) is 0 Å². The highest BCUT2D eigenvalue weighted by molar-refractivity contribution is 14.1. The largest absolute Gasteiger partial charge is 0.350 e. The van der Waals surface area contributed by atoms with Gasteiger partial charge in [-0.05, 0) is 81.2 Å². The minimum atomic E-state index is -0.178. The van der Waals surface area contributed by atoms with Crippen molar-refractivity contribution in [2.45, 2.75) is 64.6 Å². The minimum absolute atomic E-state index is 0.0783. The third kappa shape index (κ3) is 4.18. The predicted octanol–water partition coefficient (Wildman–Crippen LogP) is 3.62. The van der Waals surface area contributed by atoms with E-state index in [1.54, 1.807) is 0 Å². The molecule has 1 heterocycles. The average Bonchev–Trinajstić information content (AvgIpc) is 2.68. The number of carbonyl (C=O) groups excluding carboxylic acids is 1. The molecular weight excluding hydrogens is 383 g/mol. The van der Waals surface area contributed by atoms with Crippen molar-refractivity contribution in [2.24, 2.45) is 0 Å². The summed E-state index contributed by atoms with van der Waals surface area (Å²) >= 11 is 4.27. The van der Waals surface area contributed by atoms with Gasteiger partial charge in [-0.25, -0.2) is 0 Å². The second-order valence-electron chi connectivity index (χ2n) is 6.50. The zero-order valence-corrected chi connectivity index (χ0v) is 15.5. The van der Waals surface area contributed by atoms with Crippen LogP contribution >= 0.6 is 33.9 Å². The molecule has 1 aliphatic rings. The van der Waals surface area contributed by atoms with Crippen LogP contribution in [0.4, 0.5) is 0 Å². The number of fused-ring (bicyclic) bond motifs is 1. The molecule has 0 fully saturated rings. The second kappa shape index (κ2) is 6.32. The van der Waals surface area contributed by atoms with E-state index in [4.69, 9.17) is 0 Å². The maximum absolute atomic E-state index is 12.2. The van der Waals surface area contributed by atoms with Gasteiger partial charge in [0.25, 0.3) is 0 Å². The number of amides is 1. The molecule has 1 amide bonds. The Balaban J connectivity index is 2.02. The summed E-state index contributed by atoms with van der Waals surface area (Å²) in [7, 11) is 0. The lowest BCUT2D eigenvalue weighted by Crippen LogP contribution is -2.50. The van der Waals surface area contributed by atoms with Crippen LogP contribution in [0.25, 0.3) is 0 Å². The fraction of sp³-hybridized carbons (Fsp3) is 0.667. The van der Waals surface area contributed by atoms with Gasteiger partial charge in [0, 0.05) is 16.5 Å². The van der Waals surface area contributed by atoms with Crippen molar-refractivity contribution in [2.75, 3.05) is 0 Å². The summed E-state index contributed by atoms with van der Waals surface area (Å²) in [5, 5.41) is 6.54. The molecule has 0 saturated heterocycles. The molecule has 0 bridgehead atoms. The fourth-order valence-corrected chi connectivity index (χ4v) is 4.67. The highest BCUT2D eigenvalue weighted by Crippen LogP contribution is 2.36. The maximum Gasteiger partial charge on any atom is 0.237 e. The molecular formula is C15H23IN2OS. The summed E-state index contributed by atoms with van der Waals surface area (Å²) < 4.78 is 1.34. The van der Waals surface area contributed by atoms with Crippen molar-refractivity contribution < 1.29 is 4.79 Å². The summed E-state index contributed by atoms with van der Waals surface area (Å²) in [6.07, 6.45) is 3.51. The van der Waals surface area contributed by atoms with Crippen molar-refractivity contribution in [1.82, 2.24) is 10.6 Å². The third-order valence-electron chi connectivity index (χ3n) is 3.43. The van der Waals surface area contributed by atoms with Crippen molar-refractivity contribution in [3.63, 3.8) is 0 Å². The Morgan fingerprint density at radius 2 is 2.20 bits per heavy atom. The van der Waals surface area contributed by atoms with Gasteiger partial charge in [-0.2, -0.15) is 0 Å². The number of halogens is 1. The molecule has 112 valence electrons. The van der Waals surface area contributed by atoms with Crippen molar-refractivity contribution in [3.8, 4) is 0 Å². The normalized spacial score (nSPS) is 20.4. The van der Waals surface area contributed by atoms with Crippen LogP contribution in [0, 0.1) is 2.88 Å². The van der Waals surface area contributed by atoms with E-state index >= 15 is 0 Å². The van der Waals surface area contributed by atoms with E-state index in [1.807, 2.05) is 39.0 Å². The molecule has 0 saturated carbocycles. The Labute approximate surface area is 139 Å². The van der Waals surface area contributed by atoms with Gasteiger partial charge in [-0.1, -0.05) is 0 Å². The SMILES string of the molecule is CC(NC1CCCc2sc(I)cc21)C(=O)NC(C)(C)C. The number of nitrogens with one attached hydrogen (secondary N) is 2. The number of thiophene rings is 1. The van der Waals surface area contributed by atoms with Crippen LogP contribution in [0.3, 0.4) is 0 Å². The van der Waals surface area contributed by atoms with Gasteiger partial charge in [0.05, 0.1) is 8.93 Å². The van der Waals surface area contributed by atoms with Crippen molar-refractivity contribution in [3.05, 3.63) is 19.4 Å². The Bertz CT molecular complexity index is 493. The van der Waals surface area contributed by atoms with Crippen LogP contribution in [0.15, 0.2) is 6.07 Å². The summed E-state index contributed by atoms with van der Waals surface area (Å²) in [6.45, 7) is 7.99. The van der Waals surface area contributed by atoms with E-state index in [2.05, 4.69) is 39.3 Å². The Kier molecular flexibility index (Phi) is 5.13. The van der Waals surface area contributed by atoms with Gasteiger partial charge in [-0.3, -0.25) is 10.1 Å². The van der Waals surface area contributed by atoms with E-state index in [9.17, 15) is 4.79 Å². The first-order valence-corrected chi connectivity index (χ1v) is 9.02. The summed E-state index contributed by atoms with van der Waals surface area (Å²) in [5.41, 5.74) is 1.23. The monoisotopic (exact) mass is 406 g/mol. The van der Waals surface area contributed by atoms with Crippen molar-refractivity contribution >= 4 is 39.8 Å². The van der Waals surface area contributed by atoms with E-state index in [1.165, 1.54) is 26.2 Å². The molecule has 1 aliphatic carbocycles. The first-order chi connectivity index (χ1) is 9.26. The smallest absolute Gasteiger partial charge is 0.237 e. The molecule has 1 aromatic heterocycles. The van der Waals surface area contributed by atoms with E-state index in [0.717, 1.165) is 6.42 Å². The van der Waals surface area contributed by atoms with Crippen LogP contribution < -0.4 is 10.6 Å². The molecule has 0 aromatic carbocycles. The Morgan fingerprint density at radius 3 is 2.85 bits per heavy atom. The number of hydrogen-bond acceptors (Lipinski definition) is 3. The van der Waals surface area contributed by atoms with Crippen LogP contribution in [-0.4, -0.2) is 17.5 Å². The molecule has 20 heavy (non-hydrogen) atoms. The van der Waals surface area contributed by atoms with E-state index in [-0.39, 0.29) is 17.5 Å². The van der Waals surface area contributed by atoms with Crippen LogP contribution in [0.5, 0.6) is 0 Å². The van der Waals surface area contributed by atoms with Gasteiger partial charge >= 0.3 is 0 Å². The quantitative estimate of drug-likeness (QED) is 0.753. The number of carbonyl (C=O) groups is 1. The fourth-order valence-electron chi connectivity index (χ4n) is 2.55. The molecule has 5 heteroatoms. The lowest BCUT2D eigenvalue weighted by Gasteiger charge is -2.29. The molecule has 0 aliphatic heterocycles. The molecule has 0 spiro atoms. The van der Waals surface area contributed by atoms with Gasteiger partial charge in [0.2, 0.25) is 5.91 Å². The highest BCUT2D eigenvalue weighted by Gasteiger charge is 2.26. The van der Waals surface area contributed by atoms with Crippen LogP contribution in [0.2, 0.25) is 0 Å². The van der Waals surface area contributed by atoms with Crippen molar-refractivity contribution in [1.29, 1.82) is 0 Å². The first kappa shape index (κ1) is 16.2. The second-order valence-corrected chi connectivity index (χ2v) is 9.53. The Hall–Kier alpha value is -0.140. The topological polar surface area (TPSA) is 41.1 Å². The molecule has 2 unspecified atom stereocenters. The Morgan fingerprint density at radius 1 is 1.50 bits per heavy atom. The minimum Gasteiger partial charge on any atom is -0.350 e. The van der Waals surface area contributed by atoms with Gasteiger partial charge < -0.3 is 5.32 Å². The average molecular weight is 406 g/mol. The number of rotatable bonds is 3. The molecule has 2 rings (SSSR count). The zero-order valence-electron chi connectivity index (χ0n) is 12.5. The molecule has 2 atom stereocenters. The summed E-state index contributed by atoms with van der Waals surface area (Å²) in [4.78, 5) is 13.7. The third-order valence-corrected chi connectivity index (χ3v) is 5.40. The summed E-state index contributed by atoms with van der Waals surface area (Å²) in [5.74, 6) is 0.0783. The predicted molar refractivity (Wildman–Crippen MR) is 93.2 cm³/mol. The highest BCUT2D eigenvalue weighted by atomic mass is 127. The van der Waals surface area contributed by atoms with Gasteiger partial charge in [0.15, 0.2) is 0 Å². The zero-order chi connectivity index (χ0) is 14.9. The molecule has 1 aromatic rings. The summed E-state index contributed by atoms with van der Waals surface area (Å²) in [6, 6.07) is 2.42. The maximum atomic E-state index is 12.2. The van der Waals surface area contributed by atoms with E-state index < -0.39 is 0 Å². The molecule has 2 N–H and O–H groups in total. The first-order valence-electron chi connectivity index (χ1n) is 7.12. The molecule has 0 radical (unpaired) electrons. The van der Waals surface area contributed by atoms with E-state index in [0.29, 0.717) is 6.04 Å².